The maximum atomic E-state index is 13.2. The smallest absolute Gasteiger partial charge is 0.349 e. The molecule has 0 aliphatic heterocycles. The van der Waals surface area contributed by atoms with E-state index in [2.05, 4.69) is 25.0 Å². The number of hydrogen-bond donors (Lipinski definition) is 3. The second-order valence-corrected chi connectivity index (χ2v) is 9.41. The molecule has 0 unspecified atom stereocenters. The first-order valence-electron chi connectivity index (χ1n) is 10.2. The van der Waals surface area contributed by atoms with Crippen LogP contribution in [-0.2, 0) is 9.84 Å². The molecule has 0 aliphatic carbocycles. The van der Waals surface area contributed by atoms with Gasteiger partial charge in [-0.2, -0.15) is 5.26 Å². The molecule has 1 amide bonds. The average Bonchev–Trinajstić information content (AvgIpc) is 3.51. The highest BCUT2D eigenvalue weighted by Gasteiger charge is 2.23. The molecule has 5 rings (SSSR count). The molecule has 172 valence electrons. The summed E-state index contributed by atoms with van der Waals surface area (Å²) in [6, 6.07) is 20.7. The highest BCUT2D eigenvalue weighted by Crippen LogP contribution is 2.30. The van der Waals surface area contributed by atoms with Crippen molar-refractivity contribution in [2.45, 2.75) is 9.79 Å². The van der Waals surface area contributed by atoms with E-state index in [1.807, 2.05) is 6.07 Å². The van der Waals surface area contributed by atoms with Crippen LogP contribution in [0.4, 0.5) is 5.69 Å². The van der Waals surface area contributed by atoms with E-state index in [-0.39, 0.29) is 38.1 Å². The van der Waals surface area contributed by atoms with Crippen LogP contribution in [0.25, 0.3) is 22.3 Å². The molecule has 2 heterocycles. The number of carbonyl (C=O) groups excluding carboxylic acids is 1. The van der Waals surface area contributed by atoms with Crippen LogP contribution in [0.1, 0.15) is 16.1 Å². The van der Waals surface area contributed by atoms with Crippen LogP contribution in [0, 0.1) is 11.3 Å². The van der Waals surface area contributed by atoms with Crippen LogP contribution in [0.15, 0.2) is 91.9 Å². The second-order valence-electron chi connectivity index (χ2n) is 7.49. The van der Waals surface area contributed by atoms with Crippen molar-refractivity contribution in [3.63, 3.8) is 0 Å². The zero-order chi connectivity index (χ0) is 24.6. The largest absolute Gasteiger partial charge is 0.439 e. The highest BCUT2D eigenvalue weighted by molar-refractivity contribution is 7.91. The molecular formula is C24H15N5O5S. The van der Waals surface area contributed by atoms with Crippen molar-refractivity contribution < 1.29 is 17.7 Å². The zero-order valence-electron chi connectivity index (χ0n) is 17.8. The van der Waals surface area contributed by atoms with E-state index < -0.39 is 21.5 Å². The van der Waals surface area contributed by atoms with Gasteiger partial charge in [-0.25, -0.2) is 13.2 Å². The van der Waals surface area contributed by atoms with E-state index in [9.17, 15) is 23.3 Å². The quantitative estimate of drug-likeness (QED) is 0.343. The van der Waals surface area contributed by atoms with Crippen molar-refractivity contribution in [2.24, 2.45) is 0 Å². The molecule has 3 aromatic carbocycles. The van der Waals surface area contributed by atoms with Gasteiger partial charge in [-0.3, -0.25) is 14.3 Å². The summed E-state index contributed by atoms with van der Waals surface area (Å²) in [7, 11) is -3.83. The Kier molecular flexibility index (Phi) is 5.27. The van der Waals surface area contributed by atoms with E-state index in [0.29, 0.717) is 10.9 Å². The molecule has 0 radical (unpaired) electrons. The summed E-state index contributed by atoms with van der Waals surface area (Å²) in [5, 5.41) is 16.1. The highest BCUT2D eigenvalue weighted by atomic mass is 32.2. The fourth-order valence-electron chi connectivity index (χ4n) is 3.66. The third-order valence-corrected chi connectivity index (χ3v) is 7.11. The van der Waals surface area contributed by atoms with Crippen molar-refractivity contribution in [1.82, 2.24) is 15.1 Å². The summed E-state index contributed by atoms with van der Waals surface area (Å²) in [6.07, 6.45) is 0. The monoisotopic (exact) mass is 485 g/mol. The van der Waals surface area contributed by atoms with Gasteiger partial charge in [0.1, 0.15) is 5.69 Å². The van der Waals surface area contributed by atoms with Crippen LogP contribution < -0.4 is 11.1 Å². The molecule has 3 N–H and O–H groups in total. The second kappa shape index (κ2) is 8.44. The van der Waals surface area contributed by atoms with Gasteiger partial charge < -0.3 is 10.3 Å². The maximum absolute atomic E-state index is 13.2. The van der Waals surface area contributed by atoms with Gasteiger partial charge >= 0.3 is 5.76 Å². The van der Waals surface area contributed by atoms with Crippen molar-refractivity contribution in [2.75, 3.05) is 5.32 Å². The number of H-pyrrole nitrogens is 2. The van der Waals surface area contributed by atoms with Gasteiger partial charge in [0, 0.05) is 10.9 Å². The molecule has 0 fully saturated rings. The number of para-hydroxylation sites is 1. The number of sulfone groups is 1. The van der Waals surface area contributed by atoms with Gasteiger partial charge in [-0.1, -0.05) is 35.5 Å². The van der Waals surface area contributed by atoms with Gasteiger partial charge in [0.15, 0.2) is 5.82 Å². The van der Waals surface area contributed by atoms with Gasteiger partial charge in [0.25, 0.3) is 5.91 Å². The lowest BCUT2D eigenvalue weighted by Crippen LogP contribution is -2.13. The van der Waals surface area contributed by atoms with Crippen molar-refractivity contribution in [1.29, 1.82) is 5.26 Å². The van der Waals surface area contributed by atoms with Gasteiger partial charge in [-0.15, -0.1) is 0 Å². The van der Waals surface area contributed by atoms with Crippen molar-refractivity contribution in [3.8, 4) is 17.5 Å². The molecule has 11 heteroatoms. The molecule has 0 aliphatic rings. The molecule has 0 saturated heterocycles. The summed E-state index contributed by atoms with van der Waals surface area (Å²) >= 11 is 0. The van der Waals surface area contributed by atoms with E-state index in [0.717, 1.165) is 0 Å². The summed E-state index contributed by atoms with van der Waals surface area (Å²) < 4.78 is 30.9. The lowest BCUT2D eigenvalue weighted by Gasteiger charge is -2.09. The molecule has 0 bridgehead atoms. The molecule has 0 atom stereocenters. The first-order chi connectivity index (χ1) is 16.9. The number of rotatable bonds is 5. The van der Waals surface area contributed by atoms with E-state index in [1.54, 1.807) is 30.3 Å². The summed E-state index contributed by atoms with van der Waals surface area (Å²) in [6.45, 7) is 0. The number of benzene rings is 3. The first-order valence-corrected chi connectivity index (χ1v) is 11.7. The Hall–Kier alpha value is -4.95. The predicted molar refractivity (Wildman–Crippen MR) is 125 cm³/mol. The fraction of sp³-hybridized carbons (Fsp3) is 0. The van der Waals surface area contributed by atoms with Gasteiger partial charge in [0.05, 0.1) is 32.6 Å². The Labute approximate surface area is 197 Å². The number of anilines is 1. The molecule has 0 saturated carbocycles. The predicted octanol–water partition coefficient (Wildman–Crippen LogP) is 3.47. The zero-order valence-corrected chi connectivity index (χ0v) is 18.6. The van der Waals surface area contributed by atoms with Crippen LogP contribution in [-0.4, -0.2) is 29.4 Å². The topological polar surface area (TPSA) is 162 Å². The number of carbonyl (C=O) groups is 1. The number of nitrogens with one attached hydrogen (secondary N) is 3. The van der Waals surface area contributed by atoms with Crippen LogP contribution in [0.2, 0.25) is 0 Å². The molecule has 35 heavy (non-hydrogen) atoms. The minimum absolute atomic E-state index is 0.0373. The number of aromatic amines is 2. The van der Waals surface area contributed by atoms with E-state index >= 15 is 0 Å². The number of nitriles is 1. The number of amides is 1. The van der Waals surface area contributed by atoms with Crippen molar-refractivity contribution >= 4 is 32.3 Å². The average molecular weight is 485 g/mol. The SMILES string of the molecule is N#Cc1ccc(NC(=O)c2cc3cccc(S(=O)(=O)c4ccccc4)c3[nH]2)c(-c2noc(=O)[nH]2)c1. The lowest BCUT2D eigenvalue weighted by atomic mass is 10.1. The Morgan fingerprint density at radius 3 is 2.51 bits per heavy atom. The summed E-state index contributed by atoms with van der Waals surface area (Å²) in [5.74, 6) is -1.32. The number of aromatic nitrogens is 3. The standard InChI is InChI=1S/C24H15N5O5S/c25-13-14-9-10-18(17(11-14)22-28-24(31)34-29-22)27-23(30)19-12-15-5-4-8-20(21(15)26-19)35(32,33)16-6-2-1-3-7-16/h1-12,26H,(H,27,30)(H,28,29,31). The van der Waals surface area contributed by atoms with E-state index in [1.165, 1.54) is 42.5 Å². The minimum Gasteiger partial charge on any atom is -0.349 e. The summed E-state index contributed by atoms with van der Waals surface area (Å²) in [4.78, 5) is 30.0. The summed E-state index contributed by atoms with van der Waals surface area (Å²) in [5.41, 5.74) is 1.21. The molecule has 2 aromatic heterocycles. The molecule has 0 spiro atoms. The van der Waals surface area contributed by atoms with Crippen LogP contribution >= 0.6 is 0 Å². The minimum atomic E-state index is -3.83. The first kappa shape index (κ1) is 21.9. The van der Waals surface area contributed by atoms with Crippen LogP contribution in [0.3, 0.4) is 0 Å². The van der Waals surface area contributed by atoms with Crippen LogP contribution in [0.5, 0.6) is 0 Å². The Balaban J connectivity index is 1.54. The Morgan fingerprint density at radius 1 is 1.00 bits per heavy atom. The van der Waals surface area contributed by atoms with E-state index in [4.69, 9.17) is 0 Å². The van der Waals surface area contributed by atoms with Crippen molar-refractivity contribution in [3.05, 3.63) is 94.6 Å². The number of hydrogen-bond acceptors (Lipinski definition) is 7. The van der Waals surface area contributed by atoms with Gasteiger partial charge in [0.2, 0.25) is 9.84 Å². The molecular weight excluding hydrogens is 470 g/mol. The fourth-order valence-corrected chi connectivity index (χ4v) is 5.12. The maximum Gasteiger partial charge on any atom is 0.439 e. The van der Waals surface area contributed by atoms with Gasteiger partial charge in [-0.05, 0) is 42.5 Å². The molecule has 10 nitrogen and oxygen atoms in total. The number of nitrogens with zero attached hydrogens (tertiary/aromatic N) is 2. The number of fused-ring (bicyclic) bond motifs is 1. The molecule has 5 aromatic rings. The third-order valence-electron chi connectivity index (χ3n) is 5.30. The Bertz CT molecular complexity index is 1790. The third kappa shape index (κ3) is 3.98. The lowest BCUT2D eigenvalue weighted by molar-refractivity contribution is 0.102. The normalized spacial score (nSPS) is 11.3. The Morgan fingerprint density at radius 2 is 1.80 bits per heavy atom.